The van der Waals surface area contributed by atoms with E-state index in [-0.39, 0.29) is 23.8 Å². The lowest BCUT2D eigenvalue weighted by molar-refractivity contribution is -0.129. The predicted octanol–water partition coefficient (Wildman–Crippen LogP) is 3.28. The molecule has 0 bridgehead atoms. The van der Waals surface area contributed by atoms with Gasteiger partial charge in [-0.1, -0.05) is 57.2 Å². The molecule has 0 radical (unpaired) electrons. The summed E-state index contributed by atoms with van der Waals surface area (Å²) in [5, 5.41) is 3.01. The van der Waals surface area contributed by atoms with Gasteiger partial charge in [0.1, 0.15) is 5.75 Å². The van der Waals surface area contributed by atoms with Crippen molar-refractivity contribution in [3.8, 4) is 5.75 Å². The molecule has 3 rings (SSSR count). The van der Waals surface area contributed by atoms with E-state index in [1.54, 1.807) is 7.11 Å². The molecule has 0 unspecified atom stereocenters. The van der Waals surface area contributed by atoms with Crippen LogP contribution in [0.4, 0.5) is 5.69 Å². The Balaban J connectivity index is 1.54. The lowest BCUT2D eigenvalue weighted by Gasteiger charge is -2.21. The van der Waals surface area contributed by atoms with Gasteiger partial charge in [0, 0.05) is 0 Å². The molecule has 0 aliphatic heterocycles. The third-order valence-electron chi connectivity index (χ3n) is 5.35. The van der Waals surface area contributed by atoms with Crippen molar-refractivity contribution in [1.29, 1.82) is 0 Å². The van der Waals surface area contributed by atoms with Crippen LogP contribution in [0.15, 0.2) is 48.5 Å². The van der Waals surface area contributed by atoms with Crippen molar-refractivity contribution in [2.24, 2.45) is 0 Å². The Labute approximate surface area is 172 Å². The minimum absolute atomic E-state index is 0.0218. The van der Waals surface area contributed by atoms with Crippen molar-refractivity contribution in [1.82, 2.24) is 10.9 Å². The molecule has 3 N–H and O–H groups in total. The number of ether oxygens (including phenoxy) is 1. The Hall–Kier alpha value is -3.02. The molecule has 6 heteroatoms. The topological polar surface area (TPSA) is 79.5 Å². The van der Waals surface area contributed by atoms with Gasteiger partial charge < -0.3 is 10.1 Å². The van der Waals surface area contributed by atoms with Gasteiger partial charge in [-0.15, -0.1) is 0 Å². The Morgan fingerprint density at radius 2 is 1.66 bits per heavy atom. The molecule has 2 aromatic carbocycles. The SMILES string of the molecule is COc1ccccc1NCC(=O)NNC(=O)C1(c2ccc(C(C)(C)C)cc2)CC1. The summed E-state index contributed by atoms with van der Waals surface area (Å²) in [5.74, 6) is 0.148. The molecule has 2 aromatic rings. The molecule has 0 saturated heterocycles. The first kappa shape index (κ1) is 20.7. The zero-order chi connectivity index (χ0) is 21.1. The number of carbonyl (C=O) groups excluding carboxylic acids is 2. The fourth-order valence-corrected chi connectivity index (χ4v) is 3.32. The second-order valence-corrected chi connectivity index (χ2v) is 8.47. The summed E-state index contributed by atoms with van der Waals surface area (Å²) < 4.78 is 5.24. The third kappa shape index (κ3) is 4.70. The van der Waals surface area contributed by atoms with Crippen LogP contribution in [0, 0.1) is 0 Å². The van der Waals surface area contributed by atoms with Crippen LogP contribution in [0.5, 0.6) is 5.75 Å². The lowest BCUT2D eigenvalue weighted by atomic mass is 9.85. The molecule has 0 atom stereocenters. The average Bonchev–Trinajstić information content (AvgIpc) is 3.52. The maximum atomic E-state index is 12.7. The van der Waals surface area contributed by atoms with Gasteiger partial charge in [0.05, 0.1) is 24.8 Å². The van der Waals surface area contributed by atoms with Gasteiger partial charge in [-0.25, -0.2) is 0 Å². The fraction of sp³-hybridized carbons (Fsp3) is 0.391. The summed E-state index contributed by atoms with van der Waals surface area (Å²) in [6.45, 7) is 6.51. The molecule has 1 aliphatic carbocycles. The van der Waals surface area contributed by atoms with Crippen molar-refractivity contribution in [3.63, 3.8) is 0 Å². The number of benzene rings is 2. The summed E-state index contributed by atoms with van der Waals surface area (Å²) in [6, 6.07) is 15.6. The van der Waals surface area contributed by atoms with Gasteiger partial charge in [-0.05, 0) is 41.5 Å². The Morgan fingerprint density at radius 3 is 2.24 bits per heavy atom. The number of rotatable bonds is 6. The first-order valence-electron chi connectivity index (χ1n) is 9.83. The van der Waals surface area contributed by atoms with E-state index >= 15 is 0 Å². The first-order valence-corrected chi connectivity index (χ1v) is 9.83. The predicted molar refractivity (Wildman–Crippen MR) is 114 cm³/mol. The molecule has 6 nitrogen and oxygen atoms in total. The van der Waals surface area contributed by atoms with Crippen LogP contribution in [0.2, 0.25) is 0 Å². The molecule has 154 valence electrons. The molecule has 29 heavy (non-hydrogen) atoms. The van der Waals surface area contributed by atoms with E-state index in [1.165, 1.54) is 5.56 Å². The zero-order valence-electron chi connectivity index (χ0n) is 17.5. The number of para-hydroxylation sites is 2. The number of hydrogen-bond acceptors (Lipinski definition) is 4. The zero-order valence-corrected chi connectivity index (χ0v) is 17.5. The fourth-order valence-electron chi connectivity index (χ4n) is 3.32. The number of methoxy groups -OCH3 is 1. The van der Waals surface area contributed by atoms with E-state index in [0.717, 1.165) is 18.4 Å². The normalized spacial score (nSPS) is 14.6. The summed E-state index contributed by atoms with van der Waals surface area (Å²) in [7, 11) is 1.57. The number of hydrogen-bond donors (Lipinski definition) is 3. The highest BCUT2D eigenvalue weighted by Crippen LogP contribution is 2.48. The highest BCUT2D eigenvalue weighted by Gasteiger charge is 2.51. The van der Waals surface area contributed by atoms with Gasteiger partial charge in [0.25, 0.3) is 5.91 Å². The Kier molecular flexibility index (Phi) is 5.82. The van der Waals surface area contributed by atoms with Gasteiger partial charge in [0.15, 0.2) is 0 Å². The minimum Gasteiger partial charge on any atom is -0.495 e. The van der Waals surface area contributed by atoms with Gasteiger partial charge in [-0.2, -0.15) is 0 Å². The summed E-state index contributed by atoms with van der Waals surface area (Å²) in [5.41, 5.74) is 7.55. The van der Waals surface area contributed by atoms with E-state index in [4.69, 9.17) is 4.74 Å². The van der Waals surface area contributed by atoms with E-state index in [0.29, 0.717) is 11.4 Å². The van der Waals surface area contributed by atoms with Crippen LogP contribution in [0.3, 0.4) is 0 Å². The molecule has 0 spiro atoms. The number of nitrogens with one attached hydrogen (secondary N) is 3. The standard InChI is InChI=1S/C23H29N3O3/c1-22(2,3)16-9-11-17(12-10-16)23(13-14-23)21(28)26-25-20(27)15-24-18-7-5-6-8-19(18)29-4/h5-12,24H,13-15H2,1-4H3,(H,25,27)(H,26,28). The number of amides is 2. The molecule has 1 saturated carbocycles. The van der Waals surface area contributed by atoms with E-state index in [1.807, 2.05) is 36.4 Å². The molecule has 0 aromatic heterocycles. The van der Waals surface area contributed by atoms with Crippen molar-refractivity contribution in [2.45, 2.75) is 44.4 Å². The molecule has 2 amide bonds. The van der Waals surface area contributed by atoms with Gasteiger partial charge in [-0.3, -0.25) is 20.4 Å². The summed E-state index contributed by atoms with van der Waals surface area (Å²) >= 11 is 0. The molecular formula is C23H29N3O3. The maximum Gasteiger partial charge on any atom is 0.257 e. The summed E-state index contributed by atoms with van der Waals surface area (Å²) in [6.07, 6.45) is 1.56. The first-order chi connectivity index (χ1) is 13.8. The monoisotopic (exact) mass is 395 g/mol. The van der Waals surface area contributed by atoms with Crippen molar-refractivity contribution in [2.75, 3.05) is 19.0 Å². The van der Waals surface area contributed by atoms with Crippen molar-refractivity contribution in [3.05, 3.63) is 59.7 Å². The summed E-state index contributed by atoms with van der Waals surface area (Å²) in [4.78, 5) is 24.9. The largest absolute Gasteiger partial charge is 0.495 e. The average molecular weight is 396 g/mol. The van der Waals surface area contributed by atoms with Crippen molar-refractivity contribution < 1.29 is 14.3 Å². The van der Waals surface area contributed by atoms with Crippen molar-refractivity contribution >= 4 is 17.5 Å². The van der Waals surface area contributed by atoms with Gasteiger partial charge >= 0.3 is 0 Å². The number of carbonyl (C=O) groups is 2. The molecule has 0 heterocycles. The van der Waals surface area contributed by atoms with E-state index in [9.17, 15) is 9.59 Å². The van der Waals surface area contributed by atoms with Crippen LogP contribution in [-0.4, -0.2) is 25.5 Å². The smallest absolute Gasteiger partial charge is 0.257 e. The maximum absolute atomic E-state index is 12.7. The number of anilines is 1. The minimum atomic E-state index is -0.542. The van der Waals surface area contributed by atoms with Gasteiger partial charge in [0.2, 0.25) is 5.91 Å². The Morgan fingerprint density at radius 1 is 1.00 bits per heavy atom. The van der Waals surface area contributed by atoms with Crippen LogP contribution in [-0.2, 0) is 20.4 Å². The Bertz CT molecular complexity index is 881. The lowest BCUT2D eigenvalue weighted by Crippen LogP contribution is -2.48. The van der Waals surface area contributed by atoms with E-state index < -0.39 is 5.41 Å². The van der Waals surface area contributed by atoms with Crippen LogP contribution < -0.4 is 20.9 Å². The highest BCUT2D eigenvalue weighted by atomic mass is 16.5. The second-order valence-electron chi connectivity index (χ2n) is 8.47. The third-order valence-corrected chi connectivity index (χ3v) is 5.35. The van der Waals surface area contributed by atoms with E-state index in [2.05, 4.69) is 49.1 Å². The highest BCUT2D eigenvalue weighted by molar-refractivity contribution is 5.93. The second kappa shape index (κ2) is 8.15. The van der Waals surface area contributed by atoms with Crippen LogP contribution in [0.1, 0.15) is 44.7 Å². The molecule has 1 fully saturated rings. The quantitative estimate of drug-likeness (QED) is 0.656. The van der Waals surface area contributed by atoms with Crippen LogP contribution in [0.25, 0.3) is 0 Å². The van der Waals surface area contributed by atoms with Crippen LogP contribution >= 0.6 is 0 Å². The number of hydrazine groups is 1. The molecule has 1 aliphatic rings. The molecular weight excluding hydrogens is 366 g/mol.